The minimum absolute atomic E-state index is 0.0557. The highest BCUT2D eigenvalue weighted by molar-refractivity contribution is 6.30. The number of aliphatic imine (C=N–C) groups is 1. The number of halogens is 1. The number of fused-ring (bicyclic) bond motifs is 3. The number of ketones is 1. The average Bonchev–Trinajstić information content (AvgIpc) is 2.94. The van der Waals surface area contributed by atoms with Crippen molar-refractivity contribution in [3.8, 4) is 11.1 Å². The zero-order chi connectivity index (χ0) is 18.3. The van der Waals surface area contributed by atoms with Crippen molar-refractivity contribution in [2.24, 2.45) is 4.99 Å². The van der Waals surface area contributed by atoms with Crippen LogP contribution in [0.1, 0.15) is 42.0 Å². The van der Waals surface area contributed by atoms with Crippen molar-refractivity contribution in [3.63, 3.8) is 0 Å². The van der Waals surface area contributed by atoms with Crippen LogP contribution in [0, 0.1) is 6.92 Å². The van der Waals surface area contributed by atoms with E-state index in [2.05, 4.69) is 5.16 Å². The number of aromatic nitrogens is 1. The lowest BCUT2D eigenvalue weighted by atomic mass is 9.93. The lowest BCUT2D eigenvalue weighted by Gasteiger charge is -2.11. The molecule has 0 radical (unpaired) electrons. The van der Waals surface area contributed by atoms with Crippen LogP contribution >= 0.6 is 11.6 Å². The molecule has 0 spiro atoms. The average molecular weight is 365 g/mol. The molecule has 3 aromatic rings. The first-order valence-electron chi connectivity index (χ1n) is 8.43. The maximum Gasteiger partial charge on any atom is 0.169 e. The molecule has 2 aromatic carbocycles. The number of carbonyl (C=O) groups is 1. The molecule has 0 saturated heterocycles. The van der Waals surface area contributed by atoms with Gasteiger partial charge in [-0.1, -0.05) is 53.2 Å². The molecule has 2 heterocycles. The summed E-state index contributed by atoms with van der Waals surface area (Å²) in [7, 11) is 0. The molecule has 0 N–H and O–H groups in total. The van der Waals surface area contributed by atoms with Gasteiger partial charge in [-0.3, -0.25) is 9.79 Å². The second kappa shape index (κ2) is 6.54. The van der Waals surface area contributed by atoms with Gasteiger partial charge in [0.2, 0.25) is 0 Å². The number of Topliss-reactive ketones (excluding diaryl/α,β-unsaturated/α-hetero) is 1. The summed E-state index contributed by atoms with van der Waals surface area (Å²) in [5.41, 5.74) is 5.52. The number of benzene rings is 2. The normalized spacial score (nSPS) is 15.7. The van der Waals surface area contributed by atoms with Gasteiger partial charge in [-0.25, -0.2) is 0 Å². The predicted molar refractivity (Wildman–Crippen MR) is 102 cm³/mol. The highest BCUT2D eigenvalue weighted by Crippen LogP contribution is 2.40. The molecular weight excluding hydrogens is 348 g/mol. The molecule has 1 aliphatic heterocycles. The van der Waals surface area contributed by atoms with Crippen LogP contribution in [-0.4, -0.2) is 16.7 Å². The van der Waals surface area contributed by atoms with Crippen LogP contribution in [0.25, 0.3) is 11.1 Å². The zero-order valence-corrected chi connectivity index (χ0v) is 15.2. The largest absolute Gasteiger partial charge is 0.358 e. The molecule has 0 unspecified atom stereocenters. The summed E-state index contributed by atoms with van der Waals surface area (Å²) in [6.07, 6.45) is 0.271. The number of carbonyl (C=O) groups excluding carboxylic acids is 1. The fourth-order valence-electron chi connectivity index (χ4n) is 3.38. The number of hydrogen-bond donors (Lipinski definition) is 0. The number of nitrogens with zero attached hydrogens (tertiary/aromatic N) is 2. The predicted octanol–water partition coefficient (Wildman–Crippen LogP) is 5.17. The second-order valence-electron chi connectivity index (χ2n) is 6.46. The number of aryl methyl sites for hydroxylation is 1. The molecule has 0 saturated carbocycles. The van der Waals surface area contributed by atoms with Crippen LogP contribution in [0.15, 0.2) is 58.0 Å². The molecule has 1 aliphatic rings. The van der Waals surface area contributed by atoms with E-state index in [1.807, 2.05) is 55.5 Å². The van der Waals surface area contributed by atoms with Crippen LogP contribution in [0.5, 0.6) is 0 Å². The molecular formula is C21H17ClN2O2. The van der Waals surface area contributed by atoms with Gasteiger partial charge in [-0.2, -0.15) is 0 Å². The third-order valence-electron chi connectivity index (χ3n) is 4.53. The zero-order valence-electron chi connectivity index (χ0n) is 14.5. The van der Waals surface area contributed by atoms with Crippen molar-refractivity contribution >= 4 is 23.1 Å². The SMILES string of the molecule is CC(=O)C[C@@H]1N=C(c2ccc(Cl)cc2)c2ccccc2-c2c(C)noc21. The summed E-state index contributed by atoms with van der Waals surface area (Å²) in [5.74, 6) is 0.703. The molecule has 0 amide bonds. The van der Waals surface area contributed by atoms with Crippen LogP contribution in [-0.2, 0) is 4.79 Å². The van der Waals surface area contributed by atoms with E-state index < -0.39 is 6.04 Å². The number of hydrogen-bond acceptors (Lipinski definition) is 4. The lowest BCUT2D eigenvalue weighted by molar-refractivity contribution is -0.117. The monoisotopic (exact) mass is 364 g/mol. The molecule has 4 nitrogen and oxygen atoms in total. The Balaban J connectivity index is 1.99. The summed E-state index contributed by atoms with van der Waals surface area (Å²) >= 11 is 6.05. The smallest absolute Gasteiger partial charge is 0.169 e. The Hall–Kier alpha value is -2.72. The Kier molecular flexibility index (Phi) is 4.21. The first-order chi connectivity index (χ1) is 12.5. The topological polar surface area (TPSA) is 55.5 Å². The van der Waals surface area contributed by atoms with E-state index in [9.17, 15) is 4.79 Å². The fourth-order valence-corrected chi connectivity index (χ4v) is 3.51. The summed E-state index contributed by atoms with van der Waals surface area (Å²) in [6.45, 7) is 3.48. The summed E-state index contributed by atoms with van der Waals surface area (Å²) in [6, 6.07) is 15.2. The van der Waals surface area contributed by atoms with Crippen LogP contribution in [0.3, 0.4) is 0 Å². The van der Waals surface area contributed by atoms with Gasteiger partial charge in [0.1, 0.15) is 11.8 Å². The summed E-state index contributed by atoms with van der Waals surface area (Å²) in [4.78, 5) is 16.8. The quantitative estimate of drug-likeness (QED) is 0.643. The second-order valence-corrected chi connectivity index (χ2v) is 6.90. The third kappa shape index (κ3) is 2.86. The Morgan fingerprint density at radius 3 is 2.50 bits per heavy atom. The van der Waals surface area contributed by atoms with Gasteiger partial charge in [0, 0.05) is 22.6 Å². The molecule has 26 heavy (non-hydrogen) atoms. The van der Waals surface area contributed by atoms with Gasteiger partial charge in [0.05, 0.1) is 17.0 Å². The molecule has 0 bridgehead atoms. The molecule has 4 rings (SSSR count). The molecule has 5 heteroatoms. The van der Waals surface area contributed by atoms with Crippen molar-refractivity contribution in [1.29, 1.82) is 0 Å². The van der Waals surface area contributed by atoms with E-state index >= 15 is 0 Å². The van der Waals surface area contributed by atoms with Crippen LogP contribution in [0.2, 0.25) is 5.02 Å². The van der Waals surface area contributed by atoms with Gasteiger partial charge >= 0.3 is 0 Å². The van der Waals surface area contributed by atoms with Crippen molar-refractivity contribution in [2.45, 2.75) is 26.3 Å². The Morgan fingerprint density at radius 1 is 1.12 bits per heavy atom. The molecule has 0 fully saturated rings. The first kappa shape index (κ1) is 16.7. The maximum absolute atomic E-state index is 11.9. The highest BCUT2D eigenvalue weighted by Gasteiger charge is 2.30. The Morgan fingerprint density at radius 2 is 1.81 bits per heavy atom. The van der Waals surface area contributed by atoms with Crippen molar-refractivity contribution < 1.29 is 9.32 Å². The van der Waals surface area contributed by atoms with Crippen molar-refractivity contribution in [2.75, 3.05) is 0 Å². The molecule has 1 atom stereocenters. The minimum Gasteiger partial charge on any atom is -0.358 e. The van der Waals surface area contributed by atoms with Crippen molar-refractivity contribution in [1.82, 2.24) is 5.16 Å². The van der Waals surface area contributed by atoms with E-state index in [4.69, 9.17) is 21.1 Å². The van der Waals surface area contributed by atoms with E-state index in [0.717, 1.165) is 33.7 Å². The van der Waals surface area contributed by atoms with E-state index in [1.54, 1.807) is 6.92 Å². The van der Waals surface area contributed by atoms with Crippen LogP contribution < -0.4 is 0 Å². The van der Waals surface area contributed by atoms with E-state index in [1.165, 1.54) is 0 Å². The minimum atomic E-state index is -0.401. The van der Waals surface area contributed by atoms with Crippen molar-refractivity contribution in [3.05, 3.63) is 76.1 Å². The van der Waals surface area contributed by atoms with Gasteiger partial charge in [0.15, 0.2) is 5.76 Å². The van der Waals surface area contributed by atoms with Crippen LogP contribution in [0.4, 0.5) is 0 Å². The van der Waals surface area contributed by atoms with E-state index in [-0.39, 0.29) is 12.2 Å². The van der Waals surface area contributed by atoms with Gasteiger partial charge in [-0.15, -0.1) is 0 Å². The van der Waals surface area contributed by atoms with E-state index in [0.29, 0.717) is 10.8 Å². The summed E-state index contributed by atoms with van der Waals surface area (Å²) in [5, 5.41) is 4.80. The van der Waals surface area contributed by atoms with Gasteiger partial charge in [0.25, 0.3) is 0 Å². The highest BCUT2D eigenvalue weighted by atomic mass is 35.5. The molecule has 1 aromatic heterocycles. The molecule has 130 valence electrons. The lowest BCUT2D eigenvalue weighted by Crippen LogP contribution is -2.07. The standard InChI is InChI=1S/C21H17ClN2O2/c1-12(25)11-18-21-19(13(2)24-26-21)16-5-3-4-6-17(16)20(23-18)14-7-9-15(22)10-8-14/h3-10,18H,11H2,1-2H3/t18-/m0/s1. The maximum atomic E-state index is 11.9. The molecule has 0 aliphatic carbocycles. The third-order valence-corrected chi connectivity index (χ3v) is 4.78. The Labute approximate surface area is 156 Å². The van der Waals surface area contributed by atoms with Gasteiger partial charge < -0.3 is 4.52 Å². The first-order valence-corrected chi connectivity index (χ1v) is 8.81. The number of rotatable bonds is 3. The fraction of sp³-hybridized carbons (Fsp3) is 0.190. The Bertz CT molecular complexity index is 1020. The van der Waals surface area contributed by atoms with Gasteiger partial charge in [-0.05, 0) is 31.5 Å². The summed E-state index contributed by atoms with van der Waals surface area (Å²) < 4.78 is 5.61.